The molecule has 1 N–H and O–H groups in total. The molecule has 1 atom stereocenters. The minimum absolute atomic E-state index is 0.00662. The number of fused-ring (bicyclic) bond motifs is 1. The fourth-order valence-corrected chi connectivity index (χ4v) is 5.70. The summed E-state index contributed by atoms with van der Waals surface area (Å²) in [4.78, 5) is 42.7. The van der Waals surface area contributed by atoms with Crippen LogP contribution in [0.1, 0.15) is 32.7 Å². The second-order valence-corrected chi connectivity index (χ2v) is 17.3. The molecule has 9 nitrogen and oxygen atoms in total. The normalized spacial score (nSPS) is 21.3. The van der Waals surface area contributed by atoms with Crippen molar-refractivity contribution >= 4 is 36.6 Å². The Morgan fingerprint density at radius 3 is 2.57 bits per heavy atom. The van der Waals surface area contributed by atoms with Gasteiger partial charge in [-0.25, -0.2) is 4.79 Å². The Labute approximate surface area is 208 Å². The number of imidazole rings is 1. The summed E-state index contributed by atoms with van der Waals surface area (Å²) >= 11 is 0. The van der Waals surface area contributed by atoms with Crippen LogP contribution in [0.2, 0.25) is 25.7 Å². The SMILES string of the molecule is Cn1c(=O)n(C2CCC(=O)N(COCC[Si](C)(C)C)C2=O)c2ccc(N3CCNC(C)(C)C3)cc21. The van der Waals surface area contributed by atoms with Gasteiger partial charge < -0.3 is 15.0 Å². The van der Waals surface area contributed by atoms with Gasteiger partial charge in [-0.1, -0.05) is 19.6 Å². The molecule has 2 fully saturated rings. The van der Waals surface area contributed by atoms with E-state index in [1.54, 1.807) is 16.2 Å². The van der Waals surface area contributed by atoms with Gasteiger partial charge >= 0.3 is 5.69 Å². The van der Waals surface area contributed by atoms with E-state index in [4.69, 9.17) is 4.74 Å². The number of carbonyl (C=O) groups is 2. The number of amides is 2. The lowest BCUT2D eigenvalue weighted by Crippen LogP contribution is -2.57. The maximum atomic E-state index is 13.4. The number of imide groups is 1. The van der Waals surface area contributed by atoms with E-state index in [9.17, 15) is 14.4 Å². The van der Waals surface area contributed by atoms with Crippen LogP contribution in [0.4, 0.5) is 5.69 Å². The highest BCUT2D eigenvalue weighted by Crippen LogP contribution is 2.29. The van der Waals surface area contributed by atoms with Crippen LogP contribution in [0.15, 0.2) is 23.0 Å². The van der Waals surface area contributed by atoms with Gasteiger partial charge in [-0.3, -0.25) is 23.6 Å². The molecule has 1 unspecified atom stereocenters. The minimum atomic E-state index is -1.27. The quantitative estimate of drug-likeness (QED) is 0.356. The fourth-order valence-electron chi connectivity index (χ4n) is 4.94. The Hall–Kier alpha value is -2.43. The molecule has 4 rings (SSSR count). The third-order valence-electron chi connectivity index (χ3n) is 7.02. The molecule has 2 saturated heterocycles. The Morgan fingerprint density at radius 2 is 1.89 bits per heavy atom. The molecule has 0 saturated carbocycles. The van der Waals surface area contributed by atoms with Crippen LogP contribution in [0, 0.1) is 0 Å². The number of rotatable bonds is 7. The van der Waals surface area contributed by atoms with Gasteiger partial charge in [0.05, 0.1) is 11.0 Å². The molecule has 1 aromatic carbocycles. The highest BCUT2D eigenvalue weighted by atomic mass is 28.3. The molecule has 2 aromatic rings. The number of benzene rings is 1. The zero-order valence-electron chi connectivity index (χ0n) is 21.9. The molecule has 2 amide bonds. The van der Waals surface area contributed by atoms with Gasteiger partial charge in [0.2, 0.25) is 5.91 Å². The average Bonchev–Trinajstić information content (AvgIpc) is 3.02. The number of hydrogen-bond acceptors (Lipinski definition) is 6. The first-order chi connectivity index (χ1) is 16.4. The van der Waals surface area contributed by atoms with E-state index in [0.29, 0.717) is 18.5 Å². The molecule has 1 aromatic heterocycles. The topological polar surface area (TPSA) is 88.8 Å². The molecular weight excluding hydrogens is 462 g/mol. The van der Waals surface area contributed by atoms with Gasteiger partial charge in [-0.15, -0.1) is 0 Å². The first kappa shape index (κ1) is 25.7. The molecule has 0 spiro atoms. The monoisotopic (exact) mass is 501 g/mol. The largest absolute Gasteiger partial charge is 0.368 e. The lowest BCUT2D eigenvalue weighted by molar-refractivity contribution is -0.157. The Balaban J connectivity index is 1.59. The summed E-state index contributed by atoms with van der Waals surface area (Å²) in [7, 11) is 0.465. The number of aryl methyl sites for hydroxylation is 1. The molecule has 2 aliphatic rings. The maximum absolute atomic E-state index is 13.4. The maximum Gasteiger partial charge on any atom is 0.329 e. The Morgan fingerprint density at radius 1 is 1.14 bits per heavy atom. The van der Waals surface area contributed by atoms with Crippen molar-refractivity contribution in [1.82, 2.24) is 19.4 Å². The first-order valence-corrected chi connectivity index (χ1v) is 16.2. The summed E-state index contributed by atoms with van der Waals surface area (Å²) in [6, 6.07) is 6.23. The number of piperidine rings is 1. The molecular formula is C25H39N5O4Si. The second kappa shape index (κ2) is 9.55. The Kier molecular flexibility index (Phi) is 7.00. The predicted molar refractivity (Wildman–Crippen MR) is 141 cm³/mol. The molecule has 0 aliphatic carbocycles. The van der Waals surface area contributed by atoms with Crippen LogP contribution >= 0.6 is 0 Å². The van der Waals surface area contributed by atoms with Crippen LogP contribution in [-0.2, 0) is 21.4 Å². The summed E-state index contributed by atoms with van der Waals surface area (Å²) in [6.45, 7) is 14.2. The number of ether oxygens (including phenoxy) is 1. The summed E-state index contributed by atoms with van der Waals surface area (Å²) in [5.41, 5.74) is 2.31. The van der Waals surface area contributed by atoms with Crippen LogP contribution in [0.25, 0.3) is 11.0 Å². The standard InChI is InChI=1S/C25H39N5O4Si/c1-25(2)16-28(12-11-26-25)18-7-8-19-21(15-18)27(3)24(33)30(19)20-9-10-22(31)29(23(20)32)17-34-13-14-35(4,5)6/h7-8,15,20,26H,9-14,16-17H2,1-6H3. The number of aromatic nitrogens is 2. The van der Waals surface area contributed by atoms with E-state index in [2.05, 4.69) is 43.7 Å². The van der Waals surface area contributed by atoms with Crippen molar-refractivity contribution in [2.75, 3.05) is 37.9 Å². The average molecular weight is 502 g/mol. The molecule has 0 bridgehead atoms. The molecule has 10 heteroatoms. The fraction of sp³-hybridized carbons (Fsp3) is 0.640. The van der Waals surface area contributed by atoms with Crippen molar-refractivity contribution in [1.29, 1.82) is 0 Å². The number of hydrogen-bond donors (Lipinski definition) is 1. The zero-order valence-corrected chi connectivity index (χ0v) is 22.9. The summed E-state index contributed by atoms with van der Waals surface area (Å²) in [5.74, 6) is -0.604. The van der Waals surface area contributed by atoms with Crippen LogP contribution in [0.3, 0.4) is 0 Å². The number of carbonyl (C=O) groups excluding carboxylic acids is 2. The summed E-state index contributed by atoms with van der Waals surface area (Å²) in [5, 5.41) is 3.52. The smallest absolute Gasteiger partial charge is 0.329 e. The zero-order chi connectivity index (χ0) is 25.5. The first-order valence-electron chi connectivity index (χ1n) is 12.5. The molecule has 0 radical (unpaired) electrons. The third kappa shape index (κ3) is 5.39. The lowest BCUT2D eigenvalue weighted by Gasteiger charge is -2.40. The highest BCUT2D eigenvalue weighted by Gasteiger charge is 2.37. The van der Waals surface area contributed by atoms with Gasteiger partial charge in [0.15, 0.2) is 0 Å². The van der Waals surface area contributed by atoms with Gasteiger partial charge in [-0.2, -0.15) is 0 Å². The van der Waals surface area contributed by atoms with Crippen molar-refractivity contribution in [2.45, 2.75) is 64.0 Å². The van der Waals surface area contributed by atoms with Crippen LogP contribution in [0.5, 0.6) is 0 Å². The van der Waals surface area contributed by atoms with E-state index >= 15 is 0 Å². The van der Waals surface area contributed by atoms with E-state index in [1.807, 2.05) is 18.2 Å². The lowest BCUT2D eigenvalue weighted by atomic mass is 10.0. The highest BCUT2D eigenvalue weighted by molar-refractivity contribution is 6.76. The number of likely N-dealkylation sites (tertiary alicyclic amines) is 1. The van der Waals surface area contributed by atoms with Crippen molar-refractivity contribution in [3.8, 4) is 0 Å². The van der Waals surface area contributed by atoms with Crippen LogP contribution < -0.4 is 15.9 Å². The second-order valence-electron chi connectivity index (χ2n) is 11.7. The minimum Gasteiger partial charge on any atom is -0.368 e. The van der Waals surface area contributed by atoms with Crippen molar-refractivity contribution in [3.63, 3.8) is 0 Å². The van der Waals surface area contributed by atoms with Gasteiger partial charge in [0.1, 0.15) is 12.8 Å². The predicted octanol–water partition coefficient (Wildman–Crippen LogP) is 2.53. The Bertz CT molecular complexity index is 1180. The molecule has 3 heterocycles. The number of piperazine rings is 1. The summed E-state index contributed by atoms with van der Waals surface area (Å²) < 4.78 is 8.87. The third-order valence-corrected chi connectivity index (χ3v) is 8.73. The number of nitrogens with one attached hydrogen (secondary N) is 1. The van der Waals surface area contributed by atoms with E-state index < -0.39 is 14.1 Å². The van der Waals surface area contributed by atoms with Crippen molar-refractivity contribution in [3.05, 3.63) is 28.7 Å². The van der Waals surface area contributed by atoms with E-state index in [-0.39, 0.29) is 36.2 Å². The molecule has 35 heavy (non-hydrogen) atoms. The van der Waals surface area contributed by atoms with Gasteiger partial charge in [0, 0.05) is 59.0 Å². The van der Waals surface area contributed by atoms with Crippen molar-refractivity contribution < 1.29 is 14.3 Å². The summed E-state index contributed by atoms with van der Waals surface area (Å²) in [6.07, 6.45) is 0.528. The van der Waals surface area contributed by atoms with Crippen molar-refractivity contribution in [2.24, 2.45) is 7.05 Å². The van der Waals surface area contributed by atoms with Crippen LogP contribution in [-0.4, -0.2) is 72.4 Å². The number of anilines is 1. The van der Waals surface area contributed by atoms with E-state index in [0.717, 1.165) is 36.9 Å². The van der Waals surface area contributed by atoms with Gasteiger partial charge in [0.25, 0.3) is 5.91 Å². The van der Waals surface area contributed by atoms with E-state index in [1.165, 1.54) is 4.90 Å². The van der Waals surface area contributed by atoms with Gasteiger partial charge in [-0.05, 0) is 44.5 Å². The molecule has 192 valence electrons. The number of nitrogens with zero attached hydrogens (tertiary/aromatic N) is 4. The molecule has 2 aliphatic heterocycles.